The first-order valence-electron chi connectivity index (χ1n) is 8.12. The molecule has 1 aromatic heterocycles. The maximum atomic E-state index is 12.5. The minimum absolute atomic E-state index is 0.278. The summed E-state index contributed by atoms with van der Waals surface area (Å²) in [6, 6.07) is 6.80. The summed E-state index contributed by atoms with van der Waals surface area (Å²) in [6.45, 7) is 5.10. The van der Waals surface area contributed by atoms with Crippen molar-refractivity contribution in [2.75, 3.05) is 31.4 Å². The number of aromatic nitrogens is 2. The molecular weight excluding hydrogens is 320 g/mol. The number of ether oxygens (including phenoxy) is 2. The Hall–Kier alpha value is -2.83. The summed E-state index contributed by atoms with van der Waals surface area (Å²) in [7, 11) is 3.10. The molecule has 0 aliphatic carbocycles. The van der Waals surface area contributed by atoms with Gasteiger partial charge < -0.3 is 20.1 Å². The van der Waals surface area contributed by atoms with E-state index < -0.39 is 0 Å². The van der Waals surface area contributed by atoms with Crippen molar-refractivity contribution in [2.45, 2.75) is 20.3 Å². The fraction of sp³-hybridized carbons (Fsp3) is 0.389. The molecule has 0 fully saturated rings. The third kappa shape index (κ3) is 5.34. The van der Waals surface area contributed by atoms with Gasteiger partial charge in [-0.25, -0.2) is 9.97 Å². The van der Waals surface area contributed by atoms with Gasteiger partial charge in [0.2, 0.25) is 0 Å². The number of hydrogen-bond donors (Lipinski definition) is 2. The molecule has 25 heavy (non-hydrogen) atoms. The van der Waals surface area contributed by atoms with Crippen molar-refractivity contribution in [1.82, 2.24) is 9.97 Å². The Labute approximate surface area is 147 Å². The van der Waals surface area contributed by atoms with Crippen LogP contribution in [0.1, 0.15) is 30.8 Å². The Balaban J connectivity index is 2.08. The van der Waals surface area contributed by atoms with E-state index in [9.17, 15) is 4.79 Å². The normalized spacial score (nSPS) is 10.4. The van der Waals surface area contributed by atoms with Crippen molar-refractivity contribution in [1.29, 1.82) is 0 Å². The molecule has 134 valence electrons. The smallest absolute Gasteiger partial charge is 0.274 e. The second kappa shape index (κ2) is 8.86. The van der Waals surface area contributed by atoms with Crippen LogP contribution < -0.4 is 20.1 Å². The van der Waals surface area contributed by atoms with E-state index in [1.165, 1.54) is 13.4 Å². The number of carbonyl (C=O) groups excluding carboxylic acids is 1. The fourth-order valence-corrected chi connectivity index (χ4v) is 2.16. The molecule has 0 atom stereocenters. The maximum absolute atomic E-state index is 12.5. The molecule has 2 aromatic rings. The molecule has 2 rings (SSSR count). The molecule has 2 N–H and O–H groups in total. The number of methoxy groups -OCH3 is 2. The number of hydrogen-bond acceptors (Lipinski definition) is 6. The monoisotopic (exact) mass is 344 g/mol. The van der Waals surface area contributed by atoms with Crippen LogP contribution in [0.15, 0.2) is 30.6 Å². The first-order valence-corrected chi connectivity index (χ1v) is 8.12. The average Bonchev–Trinajstić information content (AvgIpc) is 2.62. The summed E-state index contributed by atoms with van der Waals surface area (Å²) in [5, 5.41) is 5.99. The molecule has 0 saturated carbocycles. The Morgan fingerprint density at radius 2 is 1.96 bits per heavy atom. The van der Waals surface area contributed by atoms with Crippen molar-refractivity contribution < 1.29 is 14.3 Å². The van der Waals surface area contributed by atoms with Crippen LogP contribution in [-0.4, -0.2) is 36.6 Å². The molecular formula is C18H24N4O3. The number of amides is 1. The third-order valence-electron chi connectivity index (χ3n) is 3.58. The molecule has 7 heteroatoms. The van der Waals surface area contributed by atoms with Crippen LogP contribution in [0.3, 0.4) is 0 Å². The molecule has 1 heterocycles. The predicted octanol–water partition coefficient (Wildman–Crippen LogP) is 3.20. The van der Waals surface area contributed by atoms with Crippen LogP contribution in [0.5, 0.6) is 11.5 Å². The third-order valence-corrected chi connectivity index (χ3v) is 3.58. The topological polar surface area (TPSA) is 85.4 Å². The van der Waals surface area contributed by atoms with Gasteiger partial charge in [0.05, 0.1) is 19.9 Å². The average molecular weight is 344 g/mol. The van der Waals surface area contributed by atoms with Gasteiger partial charge in [0.1, 0.15) is 29.3 Å². The lowest BCUT2D eigenvalue weighted by Gasteiger charge is -2.12. The van der Waals surface area contributed by atoms with Gasteiger partial charge in [0, 0.05) is 18.7 Å². The lowest BCUT2D eigenvalue weighted by molar-refractivity contribution is 0.102. The zero-order valence-corrected chi connectivity index (χ0v) is 15.0. The van der Waals surface area contributed by atoms with Crippen molar-refractivity contribution in [3.63, 3.8) is 0 Å². The van der Waals surface area contributed by atoms with Crippen LogP contribution in [-0.2, 0) is 0 Å². The van der Waals surface area contributed by atoms with Gasteiger partial charge in [-0.15, -0.1) is 0 Å². The van der Waals surface area contributed by atoms with E-state index >= 15 is 0 Å². The molecule has 0 bridgehead atoms. The van der Waals surface area contributed by atoms with Gasteiger partial charge in [-0.2, -0.15) is 0 Å². The molecule has 0 unspecified atom stereocenters. The summed E-state index contributed by atoms with van der Waals surface area (Å²) >= 11 is 0. The Morgan fingerprint density at radius 1 is 1.16 bits per heavy atom. The van der Waals surface area contributed by atoms with Crippen LogP contribution in [0.2, 0.25) is 0 Å². The predicted molar refractivity (Wildman–Crippen MR) is 97.5 cm³/mol. The van der Waals surface area contributed by atoms with Crippen LogP contribution >= 0.6 is 0 Å². The van der Waals surface area contributed by atoms with E-state index in [0.717, 1.165) is 13.0 Å². The Bertz CT molecular complexity index is 719. The number of nitrogens with one attached hydrogen (secondary N) is 2. The highest BCUT2D eigenvalue weighted by Crippen LogP contribution is 2.29. The fourth-order valence-electron chi connectivity index (χ4n) is 2.16. The SMILES string of the molecule is COc1ccc(NC(=O)c2cc(NCCC(C)C)ncn2)c(OC)c1. The van der Waals surface area contributed by atoms with Crippen molar-refractivity contribution in [3.8, 4) is 11.5 Å². The van der Waals surface area contributed by atoms with Gasteiger partial charge in [0.15, 0.2) is 0 Å². The zero-order valence-electron chi connectivity index (χ0n) is 15.0. The van der Waals surface area contributed by atoms with Gasteiger partial charge in [-0.1, -0.05) is 13.8 Å². The molecule has 0 aliphatic rings. The standard InChI is InChI=1S/C18H24N4O3/c1-12(2)7-8-19-17-10-15(20-11-21-17)18(23)22-14-6-5-13(24-3)9-16(14)25-4/h5-6,9-12H,7-8H2,1-4H3,(H,22,23)(H,19,20,21). The molecule has 1 aromatic carbocycles. The second-order valence-corrected chi connectivity index (χ2v) is 5.92. The van der Waals surface area contributed by atoms with Crippen LogP contribution in [0.4, 0.5) is 11.5 Å². The number of anilines is 2. The van der Waals surface area contributed by atoms with Gasteiger partial charge in [-0.3, -0.25) is 4.79 Å². The first kappa shape index (κ1) is 18.5. The summed E-state index contributed by atoms with van der Waals surface area (Å²) in [5.41, 5.74) is 0.821. The van der Waals surface area contributed by atoms with Crippen molar-refractivity contribution in [2.24, 2.45) is 5.92 Å². The minimum atomic E-state index is -0.335. The molecule has 0 radical (unpaired) electrons. The summed E-state index contributed by atoms with van der Waals surface area (Å²) < 4.78 is 10.4. The molecule has 0 aliphatic heterocycles. The largest absolute Gasteiger partial charge is 0.497 e. The number of carbonyl (C=O) groups is 1. The summed E-state index contributed by atoms with van der Waals surface area (Å²) in [5.74, 6) is 2.05. The summed E-state index contributed by atoms with van der Waals surface area (Å²) in [6.07, 6.45) is 2.40. The molecule has 0 spiro atoms. The number of benzene rings is 1. The van der Waals surface area contributed by atoms with Crippen molar-refractivity contribution >= 4 is 17.4 Å². The Morgan fingerprint density at radius 3 is 2.64 bits per heavy atom. The van der Waals surface area contributed by atoms with E-state index in [0.29, 0.717) is 28.9 Å². The van der Waals surface area contributed by atoms with Crippen LogP contribution in [0, 0.1) is 5.92 Å². The van der Waals surface area contributed by atoms with E-state index in [-0.39, 0.29) is 11.6 Å². The van der Waals surface area contributed by atoms with Crippen LogP contribution in [0.25, 0.3) is 0 Å². The molecule has 7 nitrogen and oxygen atoms in total. The van der Waals surface area contributed by atoms with Gasteiger partial charge in [0.25, 0.3) is 5.91 Å². The first-order chi connectivity index (χ1) is 12.0. The molecule has 0 saturated heterocycles. The van der Waals surface area contributed by atoms with Gasteiger partial charge >= 0.3 is 0 Å². The highest BCUT2D eigenvalue weighted by Gasteiger charge is 2.13. The van der Waals surface area contributed by atoms with E-state index in [1.807, 2.05) is 0 Å². The summed E-state index contributed by atoms with van der Waals surface area (Å²) in [4.78, 5) is 20.6. The Kier molecular flexibility index (Phi) is 6.56. The number of rotatable bonds is 8. The highest BCUT2D eigenvalue weighted by atomic mass is 16.5. The maximum Gasteiger partial charge on any atom is 0.274 e. The van der Waals surface area contributed by atoms with E-state index in [2.05, 4.69) is 34.4 Å². The minimum Gasteiger partial charge on any atom is -0.497 e. The highest BCUT2D eigenvalue weighted by molar-refractivity contribution is 6.04. The quantitative estimate of drug-likeness (QED) is 0.765. The number of nitrogens with zero attached hydrogens (tertiary/aromatic N) is 2. The molecule has 1 amide bonds. The zero-order chi connectivity index (χ0) is 18.2. The second-order valence-electron chi connectivity index (χ2n) is 5.92. The lowest BCUT2D eigenvalue weighted by Crippen LogP contribution is -2.15. The lowest BCUT2D eigenvalue weighted by atomic mass is 10.1. The van der Waals surface area contributed by atoms with Gasteiger partial charge in [-0.05, 0) is 24.5 Å². The van der Waals surface area contributed by atoms with E-state index in [1.54, 1.807) is 31.4 Å². The van der Waals surface area contributed by atoms with E-state index in [4.69, 9.17) is 9.47 Å². The van der Waals surface area contributed by atoms with Crippen molar-refractivity contribution in [3.05, 3.63) is 36.3 Å².